The molecule has 3 nitrogen and oxygen atoms in total. The van der Waals surface area contributed by atoms with E-state index >= 15 is 0 Å². The predicted octanol–water partition coefficient (Wildman–Crippen LogP) is 4.17. The monoisotopic (exact) mass is 300 g/mol. The van der Waals surface area contributed by atoms with Crippen molar-refractivity contribution in [2.45, 2.75) is 33.6 Å². The van der Waals surface area contributed by atoms with E-state index in [0.717, 1.165) is 24.0 Å². The normalized spacial score (nSPS) is 13.8. The molecule has 0 fully saturated rings. The van der Waals surface area contributed by atoms with Crippen LogP contribution in [0.1, 0.15) is 30.5 Å². The van der Waals surface area contributed by atoms with Gasteiger partial charge >= 0.3 is 0 Å². The van der Waals surface area contributed by atoms with E-state index in [-0.39, 0.29) is 11.5 Å². The van der Waals surface area contributed by atoms with Gasteiger partial charge in [-0.1, -0.05) is 32.0 Å². The summed E-state index contributed by atoms with van der Waals surface area (Å²) < 4.78 is 0. The van der Waals surface area contributed by atoms with Crippen molar-refractivity contribution >= 4 is 0 Å². The minimum Gasteiger partial charge on any atom is -0.508 e. The molecule has 0 aromatic heterocycles. The fourth-order valence-corrected chi connectivity index (χ4v) is 2.69. The summed E-state index contributed by atoms with van der Waals surface area (Å²) in [6.07, 6.45) is 1.80. The molecule has 2 atom stereocenters. The van der Waals surface area contributed by atoms with Crippen LogP contribution in [-0.2, 0) is 12.8 Å². The van der Waals surface area contributed by atoms with Crippen molar-refractivity contribution in [1.29, 1.82) is 0 Å². The molecule has 2 rings (SSSR count). The first-order valence-electron chi connectivity index (χ1n) is 7.66. The molecular formula is C19H24O3. The molecular weight excluding hydrogens is 276 g/mol. The SMILES string of the molecule is Cc1cc(C[C@H](C)[C@H](C)Cc2ccc(O)c(O)c2)ccc1O. The van der Waals surface area contributed by atoms with Crippen LogP contribution in [0.5, 0.6) is 17.2 Å². The van der Waals surface area contributed by atoms with E-state index in [0.29, 0.717) is 17.6 Å². The van der Waals surface area contributed by atoms with Gasteiger partial charge in [0.05, 0.1) is 0 Å². The molecule has 3 N–H and O–H groups in total. The van der Waals surface area contributed by atoms with Crippen molar-refractivity contribution in [3.63, 3.8) is 0 Å². The molecule has 2 aromatic carbocycles. The predicted molar refractivity (Wildman–Crippen MR) is 88.4 cm³/mol. The molecule has 3 heteroatoms. The van der Waals surface area contributed by atoms with Crippen LogP contribution in [0, 0.1) is 18.8 Å². The summed E-state index contributed by atoms with van der Waals surface area (Å²) in [7, 11) is 0. The van der Waals surface area contributed by atoms with Gasteiger partial charge < -0.3 is 15.3 Å². The molecule has 0 saturated heterocycles. The maximum absolute atomic E-state index is 9.59. The molecule has 0 bridgehead atoms. The van der Waals surface area contributed by atoms with E-state index in [2.05, 4.69) is 13.8 Å². The number of phenolic OH excluding ortho intramolecular Hbond substituents is 3. The maximum atomic E-state index is 9.59. The number of benzene rings is 2. The summed E-state index contributed by atoms with van der Waals surface area (Å²) in [5.74, 6) is 1.11. The molecule has 22 heavy (non-hydrogen) atoms. The zero-order chi connectivity index (χ0) is 16.3. The minimum absolute atomic E-state index is 0.0634. The fourth-order valence-electron chi connectivity index (χ4n) is 2.69. The van der Waals surface area contributed by atoms with Crippen LogP contribution >= 0.6 is 0 Å². The maximum Gasteiger partial charge on any atom is 0.157 e. The third kappa shape index (κ3) is 3.94. The fraction of sp³-hybridized carbons (Fsp3) is 0.368. The summed E-state index contributed by atoms with van der Waals surface area (Å²) in [6.45, 7) is 6.32. The van der Waals surface area contributed by atoms with Crippen molar-refractivity contribution in [2.24, 2.45) is 11.8 Å². The van der Waals surface area contributed by atoms with Gasteiger partial charge in [-0.25, -0.2) is 0 Å². The third-order valence-electron chi connectivity index (χ3n) is 4.39. The topological polar surface area (TPSA) is 60.7 Å². The number of hydrogen-bond acceptors (Lipinski definition) is 3. The first-order valence-corrected chi connectivity index (χ1v) is 7.66. The van der Waals surface area contributed by atoms with Crippen molar-refractivity contribution < 1.29 is 15.3 Å². The highest BCUT2D eigenvalue weighted by Crippen LogP contribution is 2.28. The Morgan fingerprint density at radius 2 is 1.23 bits per heavy atom. The average molecular weight is 300 g/mol. The minimum atomic E-state index is -0.0796. The van der Waals surface area contributed by atoms with Gasteiger partial charge in [0.15, 0.2) is 11.5 Å². The number of aryl methyl sites for hydroxylation is 1. The number of hydrogen-bond donors (Lipinski definition) is 3. The van der Waals surface area contributed by atoms with Gasteiger partial charge in [0.2, 0.25) is 0 Å². The second-order valence-corrected chi connectivity index (χ2v) is 6.31. The van der Waals surface area contributed by atoms with Crippen molar-refractivity contribution in [1.82, 2.24) is 0 Å². The van der Waals surface area contributed by atoms with Gasteiger partial charge in [-0.3, -0.25) is 0 Å². The lowest BCUT2D eigenvalue weighted by molar-refractivity contribution is 0.379. The Morgan fingerprint density at radius 1 is 0.727 bits per heavy atom. The Bertz CT molecular complexity index is 592. The first kappa shape index (κ1) is 16.2. The molecule has 0 heterocycles. The lowest BCUT2D eigenvalue weighted by Gasteiger charge is -2.20. The summed E-state index contributed by atoms with van der Waals surface area (Å²) in [5.41, 5.74) is 3.15. The van der Waals surface area contributed by atoms with Crippen molar-refractivity contribution in [3.8, 4) is 17.2 Å². The first-order chi connectivity index (χ1) is 10.4. The Morgan fingerprint density at radius 3 is 1.73 bits per heavy atom. The highest BCUT2D eigenvalue weighted by molar-refractivity contribution is 5.40. The van der Waals surface area contributed by atoms with Crippen LogP contribution in [0.3, 0.4) is 0 Å². The van der Waals surface area contributed by atoms with E-state index in [1.165, 1.54) is 11.6 Å². The van der Waals surface area contributed by atoms with Crippen LogP contribution in [0.25, 0.3) is 0 Å². The summed E-state index contributed by atoms with van der Waals surface area (Å²) in [4.78, 5) is 0. The van der Waals surface area contributed by atoms with Gasteiger partial charge in [-0.15, -0.1) is 0 Å². The van der Waals surface area contributed by atoms with Crippen molar-refractivity contribution in [3.05, 3.63) is 53.1 Å². The summed E-state index contributed by atoms with van der Waals surface area (Å²) >= 11 is 0. The van der Waals surface area contributed by atoms with E-state index in [4.69, 9.17) is 0 Å². The lowest BCUT2D eigenvalue weighted by atomic mass is 9.85. The van der Waals surface area contributed by atoms with E-state index in [1.807, 2.05) is 25.1 Å². The smallest absolute Gasteiger partial charge is 0.157 e. The zero-order valence-corrected chi connectivity index (χ0v) is 13.4. The van der Waals surface area contributed by atoms with Gasteiger partial charge in [0.25, 0.3) is 0 Å². The Hall–Kier alpha value is -2.16. The van der Waals surface area contributed by atoms with Crippen molar-refractivity contribution in [2.75, 3.05) is 0 Å². The molecule has 2 aromatic rings. The van der Waals surface area contributed by atoms with Gasteiger partial charge in [-0.2, -0.15) is 0 Å². The Labute approximate surface area is 131 Å². The van der Waals surface area contributed by atoms with Crippen LogP contribution in [0.2, 0.25) is 0 Å². The Kier molecular flexibility index (Phi) is 4.96. The van der Waals surface area contributed by atoms with Crippen LogP contribution in [0.15, 0.2) is 36.4 Å². The molecule has 0 saturated carbocycles. The van der Waals surface area contributed by atoms with E-state index < -0.39 is 0 Å². The summed E-state index contributed by atoms with van der Waals surface area (Å²) in [5, 5.41) is 28.5. The Balaban J connectivity index is 2.00. The number of aromatic hydroxyl groups is 3. The molecule has 0 aliphatic carbocycles. The highest BCUT2D eigenvalue weighted by Gasteiger charge is 2.15. The van der Waals surface area contributed by atoms with Crippen LogP contribution < -0.4 is 0 Å². The summed E-state index contributed by atoms with van der Waals surface area (Å²) in [6, 6.07) is 10.8. The average Bonchev–Trinajstić information content (AvgIpc) is 2.46. The number of phenols is 3. The van der Waals surface area contributed by atoms with Gasteiger partial charge in [-0.05, 0) is 66.5 Å². The molecule has 0 unspecified atom stereocenters. The molecule has 0 aliphatic heterocycles. The standard InChI is InChI=1S/C19H24O3/c1-12(8-15-4-6-17(20)14(3)10-15)13(2)9-16-5-7-18(21)19(22)11-16/h4-7,10-13,20-22H,8-9H2,1-3H3/t12-,13+/m0/s1. The largest absolute Gasteiger partial charge is 0.508 e. The van der Waals surface area contributed by atoms with Crippen LogP contribution in [0.4, 0.5) is 0 Å². The second kappa shape index (κ2) is 6.73. The molecule has 118 valence electrons. The highest BCUT2D eigenvalue weighted by atomic mass is 16.3. The molecule has 0 amide bonds. The number of rotatable bonds is 5. The van der Waals surface area contributed by atoms with Gasteiger partial charge in [0.1, 0.15) is 5.75 Å². The van der Waals surface area contributed by atoms with Crippen LogP contribution in [-0.4, -0.2) is 15.3 Å². The molecule has 0 aliphatic rings. The molecule has 0 spiro atoms. The van der Waals surface area contributed by atoms with E-state index in [1.54, 1.807) is 12.1 Å². The molecule has 0 radical (unpaired) electrons. The lowest BCUT2D eigenvalue weighted by Crippen LogP contribution is -2.13. The second-order valence-electron chi connectivity index (χ2n) is 6.31. The quantitative estimate of drug-likeness (QED) is 0.726. The zero-order valence-electron chi connectivity index (χ0n) is 13.4. The third-order valence-corrected chi connectivity index (χ3v) is 4.39. The van der Waals surface area contributed by atoms with E-state index in [9.17, 15) is 15.3 Å². The van der Waals surface area contributed by atoms with Gasteiger partial charge in [0, 0.05) is 0 Å².